The average molecular weight is 465 g/mol. The lowest BCUT2D eigenvalue weighted by Crippen LogP contribution is -2.38. The van der Waals surface area contributed by atoms with Gasteiger partial charge in [0.15, 0.2) is 0 Å². The minimum atomic E-state index is -0.673. The molecule has 2 heterocycles. The Kier molecular flexibility index (Phi) is 8.53. The van der Waals surface area contributed by atoms with Gasteiger partial charge in [0.1, 0.15) is 5.82 Å². The third-order valence-corrected chi connectivity index (χ3v) is 6.76. The van der Waals surface area contributed by atoms with Gasteiger partial charge in [0.2, 0.25) is 0 Å². The van der Waals surface area contributed by atoms with Crippen LogP contribution in [0.5, 0.6) is 0 Å². The van der Waals surface area contributed by atoms with Crippen LogP contribution in [0.25, 0.3) is 11.3 Å². The van der Waals surface area contributed by atoms with Crippen LogP contribution in [0.4, 0.5) is 0 Å². The van der Waals surface area contributed by atoms with Gasteiger partial charge in [-0.25, -0.2) is 4.98 Å². The van der Waals surface area contributed by atoms with Crippen molar-refractivity contribution in [2.75, 3.05) is 13.1 Å². The van der Waals surface area contributed by atoms with Gasteiger partial charge < -0.3 is 15.0 Å². The van der Waals surface area contributed by atoms with E-state index in [0.29, 0.717) is 5.92 Å². The first-order valence-electron chi connectivity index (χ1n) is 10.5. The number of nitriles is 1. The molecule has 0 radical (unpaired) electrons. The van der Waals surface area contributed by atoms with Crippen molar-refractivity contribution in [1.29, 1.82) is 5.26 Å². The fourth-order valence-electron chi connectivity index (χ4n) is 4.88. The van der Waals surface area contributed by atoms with Crippen molar-refractivity contribution < 1.29 is 9.90 Å². The maximum absolute atomic E-state index is 11.2. The maximum Gasteiger partial charge on any atom is 0.306 e. The molecule has 1 aromatic carbocycles. The number of hydrogen-bond acceptors (Lipinski definition) is 4. The fourth-order valence-corrected chi connectivity index (χ4v) is 4.88. The van der Waals surface area contributed by atoms with Crippen LogP contribution >= 0.6 is 24.8 Å². The summed E-state index contributed by atoms with van der Waals surface area (Å²) in [6, 6.07) is 10.9. The minimum absolute atomic E-state index is 0. The summed E-state index contributed by atoms with van der Waals surface area (Å²) in [7, 11) is 2.02. The summed E-state index contributed by atoms with van der Waals surface area (Å²) in [6.45, 7) is 1.76. The van der Waals surface area contributed by atoms with E-state index in [4.69, 9.17) is 4.98 Å². The van der Waals surface area contributed by atoms with Crippen LogP contribution < -0.4 is 5.32 Å². The van der Waals surface area contributed by atoms with Crippen LogP contribution in [0.3, 0.4) is 0 Å². The summed E-state index contributed by atoms with van der Waals surface area (Å²) in [6.07, 6.45) is 6.94. The van der Waals surface area contributed by atoms with Crippen LogP contribution in [0.2, 0.25) is 0 Å². The lowest BCUT2D eigenvalue weighted by atomic mass is 9.74. The van der Waals surface area contributed by atoms with Gasteiger partial charge in [-0.1, -0.05) is 24.3 Å². The molecule has 0 bridgehead atoms. The van der Waals surface area contributed by atoms with E-state index in [1.165, 1.54) is 0 Å². The lowest BCUT2D eigenvalue weighted by molar-refractivity contribution is -0.142. The number of halogens is 2. The standard InChI is InChI=1S/C23H28N4O2.2ClH/c1-27-14-20(26-21(27)17-2-4-18(5-3-17)22(28)29)16-6-8-19(9-7-16)23(15-24)10-12-25-13-11-23;;/h6-9,14,17-18,25H,2-5,10-13H2,1H3,(H,28,29);2*1H/t17-,18-;;. The van der Waals surface area contributed by atoms with Crippen molar-refractivity contribution in [3.63, 3.8) is 0 Å². The second-order valence-corrected chi connectivity index (χ2v) is 8.50. The molecule has 8 heteroatoms. The van der Waals surface area contributed by atoms with E-state index in [2.05, 4.69) is 46.4 Å². The Labute approximate surface area is 195 Å². The molecule has 0 atom stereocenters. The van der Waals surface area contributed by atoms with Gasteiger partial charge in [-0.2, -0.15) is 5.26 Å². The number of carbonyl (C=O) groups is 1. The van der Waals surface area contributed by atoms with Crippen molar-refractivity contribution in [1.82, 2.24) is 14.9 Å². The molecule has 0 spiro atoms. The SMILES string of the molecule is Cl.Cl.Cn1cc(-c2ccc(C3(C#N)CCNCC3)cc2)nc1[C@H]1CC[C@H](C(=O)O)CC1. The number of rotatable bonds is 4. The molecule has 2 fully saturated rings. The van der Waals surface area contributed by atoms with Crippen molar-refractivity contribution >= 4 is 30.8 Å². The zero-order chi connectivity index (χ0) is 20.4. The number of aromatic nitrogens is 2. The number of nitrogens with zero attached hydrogens (tertiary/aromatic N) is 3. The van der Waals surface area contributed by atoms with E-state index >= 15 is 0 Å². The Bertz CT molecular complexity index is 922. The number of piperidine rings is 1. The molecule has 1 saturated heterocycles. The second kappa shape index (κ2) is 10.5. The summed E-state index contributed by atoms with van der Waals surface area (Å²) in [5.74, 6) is 0.480. The Morgan fingerprint density at radius 1 is 1.16 bits per heavy atom. The highest BCUT2D eigenvalue weighted by Gasteiger charge is 2.34. The third-order valence-electron chi connectivity index (χ3n) is 6.76. The van der Waals surface area contributed by atoms with Gasteiger partial charge >= 0.3 is 5.97 Å². The van der Waals surface area contributed by atoms with E-state index in [1.807, 2.05) is 7.05 Å². The number of aryl methyl sites for hydroxylation is 1. The molecule has 1 saturated carbocycles. The van der Waals surface area contributed by atoms with E-state index in [9.17, 15) is 15.2 Å². The quantitative estimate of drug-likeness (QED) is 0.697. The van der Waals surface area contributed by atoms with E-state index in [-0.39, 0.29) is 36.1 Å². The molecule has 2 aromatic rings. The molecule has 2 N–H and O–H groups in total. The number of imidazole rings is 1. The topological polar surface area (TPSA) is 90.9 Å². The Morgan fingerprint density at radius 2 is 1.77 bits per heavy atom. The first-order valence-corrected chi connectivity index (χ1v) is 10.5. The van der Waals surface area contributed by atoms with E-state index in [0.717, 1.165) is 74.3 Å². The third kappa shape index (κ3) is 5.06. The Hall–Kier alpha value is -2.07. The zero-order valence-corrected chi connectivity index (χ0v) is 19.3. The zero-order valence-electron chi connectivity index (χ0n) is 17.7. The summed E-state index contributed by atoms with van der Waals surface area (Å²) in [5.41, 5.74) is 2.69. The van der Waals surface area contributed by atoms with Gasteiger partial charge in [-0.3, -0.25) is 4.79 Å². The first kappa shape index (κ1) is 25.2. The second-order valence-electron chi connectivity index (χ2n) is 8.50. The molecule has 2 aliphatic rings. The normalized spacial score (nSPS) is 22.5. The smallest absolute Gasteiger partial charge is 0.306 e. The summed E-state index contributed by atoms with van der Waals surface area (Å²) in [5, 5.41) is 22.3. The molecule has 6 nitrogen and oxygen atoms in total. The van der Waals surface area contributed by atoms with Crippen LogP contribution in [-0.4, -0.2) is 33.7 Å². The van der Waals surface area contributed by atoms with Crippen LogP contribution in [0, 0.1) is 17.2 Å². The number of carboxylic acid groups (broad SMARTS) is 1. The van der Waals surface area contributed by atoms with Gasteiger partial charge in [0, 0.05) is 24.7 Å². The molecular formula is C23H30Cl2N4O2. The highest BCUT2D eigenvalue weighted by atomic mass is 35.5. The molecule has 0 unspecified atom stereocenters. The predicted octanol–water partition coefficient (Wildman–Crippen LogP) is 4.43. The van der Waals surface area contributed by atoms with Crippen LogP contribution in [0.1, 0.15) is 55.8 Å². The molecule has 168 valence electrons. The monoisotopic (exact) mass is 464 g/mol. The van der Waals surface area contributed by atoms with Crippen molar-refractivity contribution in [3.05, 3.63) is 41.9 Å². The molecule has 0 amide bonds. The Morgan fingerprint density at radius 3 is 2.32 bits per heavy atom. The largest absolute Gasteiger partial charge is 0.481 e. The van der Waals surface area contributed by atoms with E-state index < -0.39 is 5.97 Å². The van der Waals surface area contributed by atoms with E-state index in [1.54, 1.807) is 0 Å². The highest BCUT2D eigenvalue weighted by Crippen LogP contribution is 2.37. The minimum Gasteiger partial charge on any atom is -0.481 e. The number of hydrogen-bond donors (Lipinski definition) is 2. The average Bonchev–Trinajstić information content (AvgIpc) is 3.16. The van der Waals surface area contributed by atoms with Gasteiger partial charge in [-0.15, -0.1) is 24.8 Å². The van der Waals surface area contributed by atoms with Crippen molar-refractivity contribution in [3.8, 4) is 17.3 Å². The fraction of sp³-hybridized carbons (Fsp3) is 0.522. The van der Waals surface area contributed by atoms with Crippen LogP contribution in [-0.2, 0) is 17.3 Å². The highest BCUT2D eigenvalue weighted by molar-refractivity contribution is 5.85. The van der Waals surface area contributed by atoms with Crippen LogP contribution in [0.15, 0.2) is 30.5 Å². The van der Waals surface area contributed by atoms with Gasteiger partial charge in [-0.05, 0) is 57.2 Å². The number of benzene rings is 1. The number of carboxylic acids is 1. The first-order chi connectivity index (χ1) is 14.0. The lowest BCUT2D eigenvalue weighted by Gasteiger charge is -2.31. The maximum atomic E-state index is 11.2. The summed E-state index contributed by atoms with van der Waals surface area (Å²) >= 11 is 0. The molecule has 1 aliphatic carbocycles. The Balaban J connectivity index is 0.00000171. The van der Waals surface area contributed by atoms with Gasteiger partial charge in [0.05, 0.1) is 23.1 Å². The van der Waals surface area contributed by atoms with Gasteiger partial charge in [0.25, 0.3) is 0 Å². The summed E-state index contributed by atoms with van der Waals surface area (Å²) < 4.78 is 2.08. The molecule has 1 aromatic heterocycles. The molecule has 1 aliphatic heterocycles. The van der Waals surface area contributed by atoms with Crippen molar-refractivity contribution in [2.45, 2.75) is 49.9 Å². The summed E-state index contributed by atoms with van der Waals surface area (Å²) in [4.78, 5) is 16.1. The predicted molar refractivity (Wildman–Crippen MR) is 125 cm³/mol. The molecular weight excluding hydrogens is 435 g/mol. The molecule has 31 heavy (non-hydrogen) atoms. The molecule has 4 rings (SSSR count). The van der Waals surface area contributed by atoms with Crippen molar-refractivity contribution in [2.24, 2.45) is 13.0 Å². The number of aliphatic carboxylic acids is 1. The number of nitrogens with one attached hydrogen (secondary N) is 1.